The van der Waals surface area contributed by atoms with Crippen LogP contribution in [0.5, 0.6) is 0 Å². The van der Waals surface area contributed by atoms with Crippen LogP contribution >= 0.6 is 0 Å². The summed E-state index contributed by atoms with van der Waals surface area (Å²) in [7, 11) is 0. The molecule has 2 amide bonds. The normalized spacial score (nSPS) is 10.0. The summed E-state index contributed by atoms with van der Waals surface area (Å²) in [6.45, 7) is 1.41. The molecule has 0 saturated heterocycles. The van der Waals surface area contributed by atoms with Crippen LogP contribution < -0.4 is 16.0 Å². The fraction of sp³-hybridized carbons (Fsp3) is 0.0476. The molecular weight excluding hydrogens is 326 g/mol. The van der Waals surface area contributed by atoms with Gasteiger partial charge in [-0.15, -0.1) is 0 Å². The fourth-order valence-electron chi connectivity index (χ4n) is 2.50. The van der Waals surface area contributed by atoms with Crippen molar-refractivity contribution < 1.29 is 9.59 Å². The Hall–Kier alpha value is -3.60. The molecular formula is C21H19N3O2. The molecule has 5 nitrogen and oxygen atoms in total. The van der Waals surface area contributed by atoms with E-state index in [2.05, 4.69) is 16.0 Å². The third-order valence-electron chi connectivity index (χ3n) is 3.69. The van der Waals surface area contributed by atoms with E-state index in [0.717, 1.165) is 11.4 Å². The average Bonchev–Trinajstić information content (AvgIpc) is 2.64. The number of nitrogens with one attached hydrogen (secondary N) is 3. The topological polar surface area (TPSA) is 70.2 Å². The number of rotatable bonds is 5. The number of hydrogen-bond donors (Lipinski definition) is 3. The van der Waals surface area contributed by atoms with Gasteiger partial charge in [0.15, 0.2) is 0 Å². The van der Waals surface area contributed by atoms with E-state index >= 15 is 0 Å². The minimum Gasteiger partial charge on any atom is -0.356 e. The summed E-state index contributed by atoms with van der Waals surface area (Å²) in [5, 5.41) is 8.80. The summed E-state index contributed by atoms with van der Waals surface area (Å²) < 4.78 is 0. The van der Waals surface area contributed by atoms with E-state index in [1.807, 2.05) is 54.6 Å². The van der Waals surface area contributed by atoms with Gasteiger partial charge in [-0.25, -0.2) is 0 Å². The van der Waals surface area contributed by atoms with E-state index in [4.69, 9.17) is 0 Å². The van der Waals surface area contributed by atoms with Gasteiger partial charge in [-0.2, -0.15) is 0 Å². The average molecular weight is 345 g/mol. The van der Waals surface area contributed by atoms with E-state index in [1.165, 1.54) is 6.92 Å². The first-order valence-electron chi connectivity index (χ1n) is 8.22. The molecule has 26 heavy (non-hydrogen) atoms. The fourth-order valence-corrected chi connectivity index (χ4v) is 2.50. The third kappa shape index (κ3) is 4.48. The number of carbonyl (C=O) groups excluding carboxylic acids is 2. The number of benzene rings is 3. The van der Waals surface area contributed by atoms with Crippen molar-refractivity contribution in [3.05, 3.63) is 84.4 Å². The number of amides is 2. The first-order valence-corrected chi connectivity index (χ1v) is 8.22. The molecule has 3 N–H and O–H groups in total. The van der Waals surface area contributed by atoms with Gasteiger partial charge in [0.1, 0.15) is 0 Å². The van der Waals surface area contributed by atoms with Crippen LogP contribution in [0.2, 0.25) is 0 Å². The zero-order valence-corrected chi connectivity index (χ0v) is 14.3. The van der Waals surface area contributed by atoms with Crippen molar-refractivity contribution >= 4 is 34.6 Å². The largest absolute Gasteiger partial charge is 0.356 e. The van der Waals surface area contributed by atoms with Crippen molar-refractivity contribution in [2.24, 2.45) is 0 Å². The molecule has 0 fully saturated rings. The summed E-state index contributed by atoms with van der Waals surface area (Å²) in [5.74, 6) is -0.500. The molecule has 0 aliphatic rings. The van der Waals surface area contributed by atoms with Crippen LogP contribution in [0, 0.1) is 0 Å². The molecule has 0 aliphatic heterocycles. The van der Waals surface area contributed by atoms with Crippen LogP contribution in [-0.4, -0.2) is 11.8 Å². The molecule has 0 bridgehead atoms. The molecule has 130 valence electrons. The first kappa shape index (κ1) is 17.2. The van der Waals surface area contributed by atoms with Crippen molar-refractivity contribution in [2.45, 2.75) is 6.92 Å². The highest BCUT2D eigenvalue weighted by Crippen LogP contribution is 2.21. The standard InChI is InChI=1S/C21H19N3O2/c1-15(25)22-20-10-6-5-9-19(20)21(26)24-18-13-11-17(12-14-18)23-16-7-3-2-4-8-16/h2-14,23H,1H3,(H,22,25)(H,24,26). The van der Waals surface area contributed by atoms with E-state index < -0.39 is 0 Å². The molecule has 0 radical (unpaired) electrons. The maximum absolute atomic E-state index is 12.5. The van der Waals surface area contributed by atoms with Gasteiger partial charge >= 0.3 is 0 Å². The van der Waals surface area contributed by atoms with Gasteiger partial charge in [-0.3, -0.25) is 9.59 Å². The zero-order chi connectivity index (χ0) is 18.4. The third-order valence-corrected chi connectivity index (χ3v) is 3.69. The molecule has 0 heterocycles. The minimum atomic E-state index is -0.280. The van der Waals surface area contributed by atoms with Crippen LogP contribution in [0.15, 0.2) is 78.9 Å². The van der Waals surface area contributed by atoms with Crippen molar-refractivity contribution in [3.8, 4) is 0 Å². The molecule has 0 aliphatic carbocycles. The molecule has 0 atom stereocenters. The SMILES string of the molecule is CC(=O)Nc1ccccc1C(=O)Nc1ccc(Nc2ccccc2)cc1. The van der Waals surface area contributed by atoms with Crippen LogP contribution in [0.1, 0.15) is 17.3 Å². The van der Waals surface area contributed by atoms with Gasteiger partial charge in [0.05, 0.1) is 11.3 Å². The van der Waals surface area contributed by atoms with E-state index in [9.17, 15) is 9.59 Å². The Kier molecular flexibility index (Phi) is 5.29. The van der Waals surface area contributed by atoms with E-state index in [1.54, 1.807) is 24.3 Å². The lowest BCUT2D eigenvalue weighted by atomic mass is 10.1. The van der Waals surface area contributed by atoms with Gasteiger partial charge in [0, 0.05) is 24.0 Å². The number of para-hydroxylation sites is 2. The molecule has 5 heteroatoms. The first-order chi connectivity index (χ1) is 12.6. The van der Waals surface area contributed by atoms with Gasteiger partial charge < -0.3 is 16.0 Å². The quantitative estimate of drug-likeness (QED) is 0.631. The summed E-state index contributed by atoms with van der Waals surface area (Å²) in [4.78, 5) is 23.8. The van der Waals surface area contributed by atoms with E-state index in [0.29, 0.717) is 16.9 Å². The lowest BCUT2D eigenvalue weighted by Gasteiger charge is -2.11. The predicted molar refractivity (Wildman–Crippen MR) is 105 cm³/mol. The molecule has 3 aromatic rings. The Labute approximate surface area is 152 Å². The Bertz CT molecular complexity index is 906. The van der Waals surface area contributed by atoms with Crippen LogP contribution in [0.25, 0.3) is 0 Å². The van der Waals surface area contributed by atoms with Crippen LogP contribution in [0.3, 0.4) is 0 Å². The van der Waals surface area contributed by atoms with Crippen molar-refractivity contribution in [3.63, 3.8) is 0 Å². The van der Waals surface area contributed by atoms with Gasteiger partial charge in [0.25, 0.3) is 5.91 Å². The van der Waals surface area contributed by atoms with Crippen LogP contribution in [0.4, 0.5) is 22.7 Å². The molecule has 0 aromatic heterocycles. The second-order valence-electron chi connectivity index (χ2n) is 5.75. The van der Waals surface area contributed by atoms with Crippen molar-refractivity contribution in [1.29, 1.82) is 0 Å². The van der Waals surface area contributed by atoms with Gasteiger partial charge in [-0.1, -0.05) is 30.3 Å². The number of anilines is 4. The Morgan fingerprint density at radius 2 is 1.23 bits per heavy atom. The second-order valence-corrected chi connectivity index (χ2v) is 5.75. The smallest absolute Gasteiger partial charge is 0.257 e. The van der Waals surface area contributed by atoms with E-state index in [-0.39, 0.29) is 11.8 Å². The molecule has 0 spiro atoms. The molecule has 0 unspecified atom stereocenters. The summed E-state index contributed by atoms with van der Waals surface area (Å²) >= 11 is 0. The van der Waals surface area contributed by atoms with Crippen LogP contribution in [-0.2, 0) is 4.79 Å². The Balaban J connectivity index is 1.69. The number of hydrogen-bond acceptors (Lipinski definition) is 3. The Morgan fingerprint density at radius 3 is 1.92 bits per heavy atom. The number of carbonyl (C=O) groups is 2. The highest BCUT2D eigenvalue weighted by Gasteiger charge is 2.12. The summed E-state index contributed by atoms with van der Waals surface area (Å²) in [5.41, 5.74) is 3.49. The predicted octanol–water partition coefficient (Wildman–Crippen LogP) is 4.64. The molecule has 3 aromatic carbocycles. The van der Waals surface area contributed by atoms with Gasteiger partial charge in [0.2, 0.25) is 5.91 Å². The lowest BCUT2D eigenvalue weighted by Crippen LogP contribution is -2.16. The maximum atomic E-state index is 12.5. The summed E-state index contributed by atoms with van der Waals surface area (Å²) in [6.07, 6.45) is 0. The van der Waals surface area contributed by atoms with Crippen molar-refractivity contribution in [2.75, 3.05) is 16.0 Å². The summed E-state index contributed by atoms with van der Waals surface area (Å²) in [6, 6.07) is 24.2. The monoisotopic (exact) mass is 345 g/mol. The molecule has 0 saturated carbocycles. The maximum Gasteiger partial charge on any atom is 0.257 e. The lowest BCUT2D eigenvalue weighted by molar-refractivity contribution is -0.114. The highest BCUT2D eigenvalue weighted by molar-refractivity contribution is 6.09. The van der Waals surface area contributed by atoms with Crippen molar-refractivity contribution in [1.82, 2.24) is 0 Å². The Morgan fingerprint density at radius 1 is 0.654 bits per heavy atom. The van der Waals surface area contributed by atoms with Gasteiger partial charge in [-0.05, 0) is 48.5 Å². The molecule has 3 rings (SSSR count). The highest BCUT2D eigenvalue weighted by atomic mass is 16.2. The second kappa shape index (κ2) is 7.98. The minimum absolute atomic E-state index is 0.221. The zero-order valence-electron chi connectivity index (χ0n) is 14.3.